The molecule has 0 aromatic heterocycles. The Morgan fingerprint density at radius 3 is 2.70 bits per heavy atom. The Morgan fingerprint density at radius 1 is 1.39 bits per heavy atom. The number of likely N-dealkylation sites (tertiary alicyclic amines) is 1. The maximum Gasteiger partial charge on any atom is 0.417 e. The van der Waals surface area contributed by atoms with Crippen LogP contribution in [0.1, 0.15) is 35.2 Å². The molecule has 1 aromatic carbocycles. The van der Waals surface area contributed by atoms with Gasteiger partial charge in [-0.3, -0.25) is 4.79 Å². The second-order valence-corrected chi connectivity index (χ2v) is 5.78. The summed E-state index contributed by atoms with van der Waals surface area (Å²) < 4.78 is 52.4. The quantitative estimate of drug-likeness (QED) is 0.833. The number of benzene rings is 1. The highest BCUT2D eigenvalue weighted by molar-refractivity contribution is 5.96. The molecule has 4 nitrogen and oxygen atoms in total. The SMILES string of the molecule is NCCC1(O)CCCN(C(=O)c2cc(F)ccc2C(F)(F)F)C1. The molecule has 0 aliphatic carbocycles. The number of hydrogen-bond acceptors (Lipinski definition) is 3. The van der Waals surface area contributed by atoms with Gasteiger partial charge in [0.2, 0.25) is 0 Å². The van der Waals surface area contributed by atoms with E-state index in [1.165, 1.54) is 0 Å². The first-order valence-electron chi connectivity index (χ1n) is 7.25. The number of carbonyl (C=O) groups excluding carboxylic acids is 1. The fourth-order valence-electron chi connectivity index (χ4n) is 2.87. The van der Waals surface area contributed by atoms with Gasteiger partial charge in [0.25, 0.3) is 5.91 Å². The van der Waals surface area contributed by atoms with Crippen LogP contribution in [0, 0.1) is 5.82 Å². The zero-order valence-corrected chi connectivity index (χ0v) is 12.4. The molecule has 1 saturated heterocycles. The average Bonchev–Trinajstić information content (AvgIpc) is 2.45. The van der Waals surface area contributed by atoms with Crippen molar-refractivity contribution in [1.82, 2.24) is 4.90 Å². The van der Waals surface area contributed by atoms with Crippen LogP contribution in [-0.2, 0) is 6.18 Å². The Morgan fingerprint density at radius 2 is 2.09 bits per heavy atom. The number of hydrogen-bond donors (Lipinski definition) is 2. The van der Waals surface area contributed by atoms with Gasteiger partial charge in [-0.05, 0) is 44.0 Å². The number of β-amino-alcohol motifs (C(OH)–C–C–N with tert-alkyl or cyclic N) is 1. The molecule has 0 radical (unpaired) electrons. The highest BCUT2D eigenvalue weighted by atomic mass is 19.4. The number of carbonyl (C=O) groups is 1. The van der Waals surface area contributed by atoms with Crippen molar-refractivity contribution >= 4 is 5.91 Å². The lowest BCUT2D eigenvalue weighted by atomic mass is 9.89. The largest absolute Gasteiger partial charge is 0.417 e. The third-order valence-electron chi connectivity index (χ3n) is 3.97. The van der Waals surface area contributed by atoms with E-state index in [1.54, 1.807) is 0 Å². The van der Waals surface area contributed by atoms with Crippen molar-refractivity contribution in [2.45, 2.75) is 31.0 Å². The van der Waals surface area contributed by atoms with E-state index in [0.717, 1.165) is 4.90 Å². The van der Waals surface area contributed by atoms with Crippen LogP contribution < -0.4 is 5.73 Å². The van der Waals surface area contributed by atoms with Gasteiger partial charge in [0.1, 0.15) is 5.82 Å². The van der Waals surface area contributed by atoms with Crippen molar-refractivity contribution in [1.29, 1.82) is 0 Å². The minimum absolute atomic E-state index is 0.114. The zero-order chi connectivity index (χ0) is 17.3. The molecular weight excluding hydrogens is 316 g/mol. The predicted octanol–water partition coefficient (Wildman–Crippen LogP) is 2.16. The third kappa shape index (κ3) is 4.00. The Balaban J connectivity index is 2.32. The molecule has 1 fully saturated rings. The van der Waals surface area contributed by atoms with Crippen molar-refractivity contribution in [3.8, 4) is 0 Å². The molecule has 1 atom stereocenters. The molecule has 23 heavy (non-hydrogen) atoms. The highest BCUT2D eigenvalue weighted by Gasteiger charge is 2.39. The monoisotopic (exact) mass is 334 g/mol. The Hall–Kier alpha value is -1.67. The summed E-state index contributed by atoms with van der Waals surface area (Å²) in [6, 6.07) is 1.81. The second-order valence-electron chi connectivity index (χ2n) is 5.78. The van der Waals surface area contributed by atoms with Crippen LogP contribution in [0.15, 0.2) is 18.2 Å². The lowest BCUT2D eigenvalue weighted by Gasteiger charge is -2.39. The smallest absolute Gasteiger partial charge is 0.388 e. The van der Waals surface area contributed by atoms with Crippen LogP contribution in [-0.4, -0.2) is 41.1 Å². The van der Waals surface area contributed by atoms with E-state index >= 15 is 0 Å². The predicted molar refractivity (Wildman–Crippen MR) is 75.2 cm³/mol. The van der Waals surface area contributed by atoms with Gasteiger partial charge in [0.15, 0.2) is 0 Å². The Bertz CT molecular complexity index is 587. The van der Waals surface area contributed by atoms with Gasteiger partial charge < -0.3 is 15.7 Å². The maximum absolute atomic E-state index is 13.3. The van der Waals surface area contributed by atoms with E-state index in [2.05, 4.69) is 0 Å². The number of amides is 1. The molecule has 8 heteroatoms. The van der Waals surface area contributed by atoms with Crippen LogP contribution in [0.5, 0.6) is 0 Å². The minimum Gasteiger partial charge on any atom is -0.388 e. The summed E-state index contributed by atoms with van der Waals surface area (Å²) in [4.78, 5) is 13.6. The van der Waals surface area contributed by atoms with E-state index in [0.29, 0.717) is 31.0 Å². The minimum atomic E-state index is -4.76. The van der Waals surface area contributed by atoms with E-state index in [1.807, 2.05) is 0 Å². The van der Waals surface area contributed by atoms with Crippen molar-refractivity contribution < 1.29 is 27.5 Å². The van der Waals surface area contributed by atoms with E-state index in [9.17, 15) is 27.5 Å². The molecule has 1 amide bonds. The van der Waals surface area contributed by atoms with Crippen LogP contribution >= 0.6 is 0 Å². The van der Waals surface area contributed by atoms with Crippen molar-refractivity contribution in [3.05, 3.63) is 35.1 Å². The lowest BCUT2D eigenvalue weighted by molar-refractivity contribution is -0.138. The number of nitrogens with two attached hydrogens (primary N) is 1. The molecule has 1 aliphatic rings. The second kappa shape index (κ2) is 6.45. The molecule has 0 saturated carbocycles. The van der Waals surface area contributed by atoms with Crippen molar-refractivity contribution in [2.75, 3.05) is 19.6 Å². The molecule has 3 N–H and O–H groups in total. The summed E-state index contributed by atoms with van der Waals surface area (Å²) in [7, 11) is 0. The van der Waals surface area contributed by atoms with Crippen LogP contribution in [0.4, 0.5) is 17.6 Å². The molecule has 0 bridgehead atoms. The normalized spacial score (nSPS) is 22.3. The number of nitrogens with zero attached hydrogens (tertiary/aromatic N) is 1. The highest BCUT2D eigenvalue weighted by Crippen LogP contribution is 2.34. The average molecular weight is 334 g/mol. The first kappa shape index (κ1) is 17.7. The molecular formula is C15H18F4N2O2. The number of halogens is 4. The molecule has 1 aliphatic heterocycles. The summed E-state index contributed by atoms with van der Waals surface area (Å²) in [5, 5.41) is 10.4. The first-order chi connectivity index (χ1) is 10.7. The summed E-state index contributed by atoms with van der Waals surface area (Å²) in [5.41, 5.74) is 2.28. The van der Waals surface area contributed by atoms with Gasteiger partial charge in [-0.15, -0.1) is 0 Å². The topological polar surface area (TPSA) is 66.6 Å². The third-order valence-corrected chi connectivity index (χ3v) is 3.97. The van der Waals surface area contributed by atoms with Crippen LogP contribution in [0.25, 0.3) is 0 Å². The number of aliphatic hydroxyl groups is 1. The number of alkyl halides is 3. The summed E-state index contributed by atoms with van der Waals surface area (Å²) in [5.74, 6) is -1.86. The van der Waals surface area contributed by atoms with Gasteiger partial charge >= 0.3 is 6.18 Å². The zero-order valence-electron chi connectivity index (χ0n) is 12.4. The van der Waals surface area contributed by atoms with Gasteiger partial charge in [-0.2, -0.15) is 13.2 Å². The molecule has 128 valence electrons. The van der Waals surface area contributed by atoms with Gasteiger partial charge in [-0.25, -0.2) is 4.39 Å². The first-order valence-corrected chi connectivity index (χ1v) is 7.25. The van der Waals surface area contributed by atoms with Gasteiger partial charge in [0.05, 0.1) is 16.7 Å². The van der Waals surface area contributed by atoms with E-state index in [4.69, 9.17) is 5.73 Å². The Labute approximate surface area is 130 Å². The van der Waals surface area contributed by atoms with E-state index < -0.39 is 34.6 Å². The summed E-state index contributed by atoms with van der Waals surface area (Å²) in [6.07, 6.45) is -3.66. The lowest BCUT2D eigenvalue weighted by Crippen LogP contribution is -2.51. The summed E-state index contributed by atoms with van der Waals surface area (Å²) in [6.45, 7) is 0.294. The van der Waals surface area contributed by atoms with Gasteiger partial charge in [0, 0.05) is 13.1 Å². The summed E-state index contributed by atoms with van der Waals surface area (Å²) >= 11 is 0. The fourth-order valence-corrected chi connectivity index (χ4v) is 2.87. The van der Waals surface area contributed by atoms with Crippen LogP contribution in [0.2, 0.25) is 0 Å². The molecule has 1 unspecified atom stereocenters. The molecule has 0 spiro atoms. The standard InChI is InChI=1S/C15H18F4N2O2/c16-10-2-3-12(15(17,18)19)11(8-10)13(22)21-7-1-4-14(23,9-21)5-6-20/h2-3,8,23H,1,4-7,9,20H2. The fraction of sp³-hybridized carbons (Fsp3) is 0.533. The molecule has 1 heterocycles. The molecule has 1 aromatic rings. The molecule has 2 rings (SSSR count). The number of piperidine rings is 1. The maximum atomic E-state index is 13.3. The van der Waals surface area contributed by atoms with Crippen molar-refractivity contribution in [2.24, 2.45) is 5.73 Å². The van der Waals surface area contributed by atoms with Gasteiger partial charge in [-0.1, -0.05) is 0 Å². The van der Waals surface area contributed by atoms with E-state index in [-0.39, 0.29) is 26.1 Å². The number of rotatable bonds is 3. The van der Waals surface area contributed by atoms with Crippen LogP contribution in [0.3, 0.4) is 0 Å². The van der Waals surface area contributed by atoms with Crippen molar-refractivity contribution in [3.63, 3.8) is 0 Å². The Kier molecular flexibility index (Phi) is 4.95.